The van der Waals surface area contributed by atoms with Crippen molar-refractivity contribution in [2.75, 3.05) is 13.1 Å². The normalized spacial score (nSPS) is 11.8. The van der Waals surface area contributed by atoms with Gasteiger partial charge in [-0.15, -0.1) is 0 Å². The van der Waals surface area contributed by atoms with Gasteiger partial charge < -0.3 is 10.8 Å². The Balaban J connectivity index is 2.67. The second-order valence-electron chi connectivity index (χ2n) is 5.18. The molecule has 0 saturated heterocycles. The summed E-state index contributed by atoms with van der Waals surface area (Å²) in [5, 5.41) is 9.84. The average Bonchev–Trinajstić information content (AvgIpc) is 2.27. The number of rotatable bonds is 6. The van der Waals surface area contributed by atoms with E-state index in [1.54, 1.807) is 0 Å². The van der Waals surface area contributed by atoms with Crippen LogP contribution in [0.2, 0.25) is 0 Å². The maximum absolute atomic E-state index is 9.84. The molecule has 1 aromatic carbocycles. The van der Waals surface area contributed by atoms with Gasteiger partial charge in [0.1, 0.15) is 4.99 Å². The minimum absolute atomic E-state index is 0.422. The molecule has 18 heavy (non-hydrogen) atoms. The van der Waals surface area contributed by atoms with Crippen molar-refractivity contribution in [2.24, 2.45) is 5.73 Å². The molecule has 0 unspecified atom stereocenters. The molecule has 3 N–H and O–H groups in total. The highest BCUT2D eigenvalue weighted by molar-refractivity contribution is 7.80. The van der Waals surface area contributed by atoms with Crippen LogP contribution in [0, 0.1) is 0 Å². The highest BCUT2D eigenvalue weighted by Gasteiger charge is 2.17. The van der Waals surface area contributed by atoms with Crippen LogP contribution < -0.4 is 5.73 Å². The third-order valence-electron chi connectivity index (χ3n) is 2.70. The summed E-state index contributed by atoms with van der Waals surface area (Å²) in [7, 11) is 0. The molecule has 3 nitrogen and oxygen atoms in total. The lowest BCUT2D eigenvalue weighted by molar-refractivity contribution is 0.0353. The summed E-state index contributed by atoms with van der Waals surface area (Å²) in [4.78, 5) is 2.63. The first-order valence-electron chi connectivity index (χ1n) is 6.15. The first-order valence-corrected chi connectivity index (χ1v) is 6.56. The third kappa shape index (κ3) is 5.12. The van der Waals surface area contributed by atoms with Crippen molar-refractivity contribution < 1.29 is 5.11 Å². The van der Waals surface area contributed by atoms with Gasteiger partial charge in [-0.3, -0.25) is 4.90 Å². The van der Waals surface area contributed by atoms with E-state index in [1.165, 1.54) is 5.56 Å². The number of hydrogen-bond acceptors (Lipinski definition) is 3. The minimum Gasteiger partial charge on any atom is -0.389 e. The van der Waals surface area contributed by atoms with Crippen LogP contribution in [0.5, 0.6) is 0 Å². The topological polar surface area (TPSA) is 49.5 Å². The summed E-state index contributed by atoms with van der Waals surface area (Å²) in [6.45, 7) is 8.12. The van der Waals surface area contributed by atoms with Crippen molar-refractivity contribution in [3.05, 3.63) is 35.4 Å². The Morgan fingerprint density at radius 3 is 2.28 bits per heavy atom. The lowest BCUT2D eigenvalue weighted by Crippen LogP contribution is -2.38. The first kappa shape index (κ1) is 15.1. The molecule has 0 radical (unpaired) electrons. The van der Waals surface area contributed by atoms with Crippen molar-refractivity contribution in [3.8, 4) is 0 Å². The molecule has 0 aromatic heterocycles. The largest absolute Gasteiger partial charge is 0.389 e. The molecular weight excluding hydrogens is 244 g/mol. The van der Waals surface area contributed by atoms with Gasteiger partial charge in [0.05, 0.1) is 5.60 Å². The van der Waals surface area contributed by atoms with E-state index in [0.717, 1.165) is 18.7 Å². The summed E-state index contributed by atoms with van der Waals surface area (Å²) < 4.78 is 0. The van der Waals surface area contributed by atoms with Crippen LogP contribution in [0.3, 0.4) is 0 Å². The summed E-state index contributed by atoms with van der Waals surface area (Å²) in [5.41, 5.74) is 6.97. The summed E-state index contributed by atoms with van der Waals surface area (Å²) in [6, 6.07) is 7.94. The quantitative estimate of drug-likeness (QED) is 0.772. The smallest absolute Gasteiger partial charge is 0.103 e. The lowest BCUT2D eigenvalue weighted by atomic mass is 10.1. The van der Waals surface area contributed by atoms with Crippen LogP contribution in [-0.4, -0.2) is 33.7 Å². The van der Waals surface area contributed by atoms with Crippen LogP contribution in [0.4, 0.5) is 0 Å². The molecule has 100 valence electrons. The third-order valence-corrected chi connectivity index (χ3v) is 2.94. The van der Waals surface area contributed by atoms with Gasteiger partial charge in [0.15, 0.2) is 0 Å². The number of hydrogen-bond donors (Lipinski definition) is 2. The second kappa shape index (κ2) is 6.27. The molecule has 0 aliphatic carbocycles. The number of aliphatic hydroxyl groups is 1. The van der Waals surface area contributed by atoms with Gasteiger partial charge in [-0.05, 0) is 26.0 Å². The number of nitrogens with zero attached hydrogens (tertiary/aromatic N) is 1. The summed E-state index contributed by atoms with van der Waals surface area (Å²) in [6.07, 6.45) is 0. The van der Waals surface area contributed by atoms with Crippen molar-refractivity contribution >= 4 is 17.2 Å². The van der Waals surface area contributed by atoms with E-state index >= 15 is 0 Å². The van der Waals surface area contributed by atoms with Gasteiger partial charge in [0, 0.05) is 18.7 Å². The zero-order valence-electron chi connectivity index (χ0n) is 11.3. The number of benzene rings is 1. The molecular formula is C14H22N2OS. The van der Waals surface area contributed by atoms with E-state index < -0.39 is 5.60 Å². The number of likely N-dealkylation sites (N-methyl/N-ethyl adjacent to an activating group) is 1. The van der Waals surface area contributed by atoms with Crippen molar-refractivity contribution in [3.63, 3.8) is 0 Å². The molecule has 0 heterocycles. The van der Waals surface area contributed by atoms with Gasteiger partial charge >= 0.3 is 0 Å². The lowest BCUT2D eigenvalue weighted by Gasteiger charge is -2.28. The SMILES string of the molecule is CCN(Cc1ccc(C(N)=S)cc1)CC(C)(C)O. The van der Waals surface area contributed by atoms with Gasteiger partial charge in [0.2, 0.25) is 0 Å². The highest BCUT2D eigenvalue weighted by Crippen LogP contribution is 2.11. The molecule has 0 amide bonds. The zero-order valence-corrected chi connectivity index (χ0v) is 12.1. The van der Waals surface area contributed by atoms with Crippen LogP contribution in [-0.2, 0) is 6.54 Å². The van der Waals surface area contributed by atoms with E-state index in [0.29, 0.717) is 11.5 Å². The van der Waals surface area contributed by atoms with Crippen molar-refractivity contribution in [1.82, 2.24) is 4.90 Å². The molecule has 1 aromatic rings. The van der Waals surface area contributed by atoms with Crippen molar-refractivity contribution in [2.45, 2.75) is 32.9 Å². The molecule has 0 fully saturated rings. The maximum atomic E-state index is 9.84. The van der Waals surface area contributed by atoms with E-state index in [-0.39, 0.29) is 0 Å². The number of nitrogens with two attached hydrogens (primary N) is 1. The van der Waals surface area contributed by atoms with Crippen LogP contribution in [0.15, 0.2) is 24.3 Å². The maximum Gasteiger partial charge on any atom is 0.103 e. The molecule has 0 atom stereocenters. The fourth-order valence-electron chi connectivity index (χ4n) is 1.86. The summed E-state index contributed by atoms with van der Waals surface area (Å²) >= 11 is 4.92. The Morgan fingerprint density at radius 1 is 1.33 bits per heavy atom. The Morgan fingerprint density at radius 2 is 1.89 bits per heavy atom. The predicted molar refractivity (Wildman–Crippen MR) is 79.6 cm³/mol. The monoisotopic (exact) mass is 266 g/mol. The van der Waals surface area contributed by atoms with E-state index in [2.05, 4.69) is 11.8 Å². The highest BCUT2D eigenvalue weighted by atomic mass is 32.1. The van der Waals surface area contributed by atoms with Crippen LogP contribution in [0.25, 0.3) is 0 Å². The molecule has 4 heteroatoms. The average molecular weight is 266 g/mol. The Hall–Kier alpha value is -0.970. The standard InChI is InChI=1S/C14H22N2OS/c1-4-16(10-14(2,3)17)9-11-5-7-12(8-6-11)13(15)18/h5-8,17H,4,9-10H2,1-3H3,(H2,15,18). The number of thiocarbonyl (C=S) groups is 1. The molecule has 0 bridgehead atoms. The van der Waals surface area contributed by atoms with Gasteiger partial charge in [-0.1, -0.05) is 43.4 Å². The molecule has 1 rings (SSSR count). The fourth-order valence-corrected chi connectivity index (χ4v) is 2.00. The summed E-state index contributed by atoms with van der Waals surface area (Å²) in [5.74, 6) is 0. The minimum atomic E-state index is -0.672. The van der Waals surface area contributed by atoms with Crippen LogP contribution >= 0.6 is 12.2 Å². The van der Waals surface area contributed by atoms with Gasteiger partial charge in [0.25, 0.3) is 0 Å². The Kier molecular flexibility index (Phi) is 5.26. The predicted octanol–water partition coefficient (Wildman–Crippen LogP) is 1.91. The molecule has 0 aliphatic rings. The molecule has 0 aliphatic heterocycles. The van der Waals surface area contributed by atoms with Gasteiger partial charge in [-0.2, -0.15) is 0 Å². The van der Waals surface area contributed by atoms with E-state index in [1.807, 2.05) is 38.1 Å². The zero-order chi connectivity index (χ0) is 13.8. The first-order chi connectivity index (χ1) is 8.31. The Labute approximate surface area is 115 Å². The van der Waals surface area contributed by atoms with E-state index in [4.69, 9.17) is 18.0 Å². The van der Waals surface area contributed by atoms with E-state index in [9.17, 15) is 5.11 Å². The van der Waals surface area contributed by atoms with Gasteiger partial charge in [-0.25, -0.2) is 0 Å². The van der Waals surface area contributed by atoms with Crippen molar-refractivity contribution in [1.29, 1.82) is 0 Å². The molecule has 0 saturated carbocycles. The molecule has 0 spiro atoms. The second-order valence-corrected chi connectivity index (χ2v) is 5.62. The fraction of sp³-hybridized carbons (Fsp3) is 0.500. The van der Waals surface area contributed by atoms with Crippen LogP contribution in [0.1, 0.15) is 31.9 Å². The Bertz CT molecular complexity index is 395.